The molecule has 0 aliphatic heterocycles. The number of hydrogen-bond acceptors (Lipinski definition) is 0. The van der Waals surface area contributed by atoms with Gasteiger partial charge < -0.3 is 0 Å². The van der Waals surface area contributed by atoms with Gasteiger partial charge in [-0.1, -0.05) is 172 Å². The molecule has 0 saturated carbocycles. The van der Waals surface area contributed by atoms with Crippen LogP contribution in [0.15, 0.2) is 170 Å². The first kappa shape index (κ1) is 28.1. The van der Waals surface area contributed by atoms with E-state index in [-0.39, 0.29) is 5.41 Å². The van der Waals surface area contributed by atoms with Crippen molar-refractivity contribution >= 4 is 43.1 Å². The Kier molecular flexibility index (Phi) is 6.02. The lowest BCUT2D eigenvalue weighted by Crippen LogP contribution is -2.14. The monoisotopic (exact) mass is 622 g/mol. The van der Waals surface area contributed by atoms with Crippen LogP contribution in [0.3, 0.4) is 0 Å². The molecule has 0 aromatic heterocycles. The zero-order chi connectivity index (χ0) is 32.7. The van der Waals surface area contributed by atoms with Gasteiger partial charge in [-0.25, -0.2) is 0 Å². The third-order valence-electron chi connectivity index (χ3n) is 11.0. The first-order chi connectivity index (χ1) is 24.1. The molecule has 0 N–H and O–H groups in total. The van der Waals surface area contributed by atoms with Gasteiger partial charge >= 0.3 is 0 Å². The summed E-state index contributed by atoms with van der Waals surface area (Å²) in [6.07, 6.45) is 0. The molecule has 0 heteroatoms. The maximum absolute atomic E-state index is 2.45. The van der Waals surface area contributed by atoms with Crippen molar-refractivity contribution in [2.75, 3.05) is 0 Å². The van der Waals surface area contributed by atoms with Crippen molar-refractivity contribution in [2.24, 2.45) is 0 Å². The summed E-state index contributed by atoms with van der Waals surface area (Å²) >= 11 is 0. The molecule has 0 atom stereocenters. The molecule has 0 fully saturated rings. The van der Waals surface area contributed by atoms with Crippen LogP contribution in [0.25, 0.3) is 87.6 Å². The van der Waals surface area contributed by atoms with Crippen molar-refractivity contribution in [3.63, 3.8) is 0 Å². The van der Waals surface area contributed by atoms with Crippen LogP contribution in [0.1, 0.15) is 25.0 Å². The van der Waals surface area contributed by atoms with Gasteiger partial charge in [0, 0.05) is 5.41 Å². The van der Waals surface area contributed by atoms with Gasteiger partial charge in [0.2, 0.25) is 0 Å². The SMILES string of the molecule is CC1(C)c2ccccc2-c2c(-c3c4ccccc4c(-c4cc5ccccc5c5ccccc45)c4ccc(-c5ccccc5)cc34)cccc21. The molecule has 49 heavy (non-hydrogen) atoms. The summed E-state index contributed by atoms with van der Waals surface area (Å²) in [6, 6.07) is 63.2. The van der Waals surface area contributed by atoms with E-state index in [0.717, 1.165) is 0 Å². The molecule has 0 bridgehead atoms. The molecule has 0 radical (unpaired) electrons. The van der Waals surface area contributed by atoms with Crippen molar-refractivity contribution in [3.05, 3.63) is 181 Å². The van der Waals surface area contributed by atoms with Gasteiger partial charge in [-0.2, -0.15) is 0 Å². The molecule has 9 aromatic rings. The third kappa shape index (κ3) is 4.04. The molecule has 1 aliphatic rings. The van der Waals surface area contributed by atoms with E-state index in [9.17, 15) is 0 Å². The van der Waals surface area contributed by atoms with Crippen LogP contribution in [0.5, 0.6) is 0 Å². The van der Waals surface area contributed by atoms with E-state index in [0.29, 0.717) is 0 Å². The fourth-order valence-electron chi connectivity index (χ4n) is 8.79. The maximum Gasteiger partial charge on any atom is 0.0159 e. The zero-order valence-electron chi connectivity index (χ0n) is 27.7. The Morgan fingerprint density at radius 2 is 0.878 bits per heavy atom. The van der Waals surface area contributed by atoms with E-state index >= 15 is 0 Å². The van der Waals surface area contributed by atoms with Gasteiger partial charge in [-0.15, -0.1) is 0 Å². The van der Waals surface area contributed by atoms with Crippen molar-refractivity contribution in [1.82, 2.24) is 0 Å². The van der Waals surface area contributed by atoms with Crippen LogP contribution >= 0.6 is 0 Å². The minimum atomic E-state index is -0.0767. The van der Waals surface area contributed by atoms with Gasteiger partial charge in [0.05, 0.1) is 0 Å². The highest BCUT2D eigenvalue weighted by molar-refractivity contribution is 6.27. The van der Waals surface area contributed by atoms with E-state index < -0.39 is 0 Å². The molecule has 0 saturated heterocycles. The van der Waals surface area contributed by atoms with Crippen molar-refractivity contribution < 1.29 is 0 Å². The molecule has 10 rings (SSSR count). The maximum atomic E-state index is 2.45. The summed E-state index contributed by atoms with van der Waals surface area (Å²) < 4.78 is 0. The van der Waals surface area contributed by atoms with Crippen LogP contribution in [-0.2, 0) is 5.41 Å². The largest absolute Gasteiger partial charge is 0.0622 e. The van der Waals surface area contributed by atoms with E-state index in [2.05, 4.69) is 184 Å². The molecule has 0 amide bonds. The third-order valence-corrected chi connectivity index (χ3v) is 11.0. The second-order valence-electron chi connectivity index (χ2n) is 14.0. The Morgan fingerprint density at radius 3 is 1.67 bits per heavy atom. The predicted octanol–water partition coefficient (Wildman–Crippen LogP) is 13.6. The normalized spacial score (nSPS) is 13.3. The Balaban J connectivity index is 1.40. The predicted molar refractivity (Wildman–Crippen MR) is 210 cm³/mol. The number of benzene rings is 9. The molecule has 0 heterocycles. The van der Waals surface area contributed by atoms with Crippen LogP contribution in [0.4, 0.5) is 0 Å². The molecule has 1 aliphatic carbocycles. The summed E-state index contributed by atoms with van der Waals surface area (Å²) in [5, 5.41) is 10.2. The minimum absolute atomic E-state index is 0.0767. The van der Waals surface area contributed by atoms with Crippen LogP contribution in [0, 0.1) is 0 Å². The summed E-state index contributed by atoms with van der Waals surface area (Å²) in [4.78, 5) is 0. The Hall–Kier alpha value is -5.98. The highest BCUT2D eigenvalue weighted by Crippen LogP contribution is 2.55. The fourth-order valence-corrected chi connectivity index (χ4v) is 8.79. The topological polar surface area (TPSA) is 0 Å². The first-order valence-corrected chi connectivity index (χ1v) is 17.3. The molecule has 230 valence electrons. The van der Waals surface area contributed by atoms with Gasteiger partial charge in [0.15, 0.2) is 0 Å². The van der Waals surface area contributed by atoms with Crippen molar-refractivity contribution in [2.45, 2.75) is 19.3 Å². The van der Waals surface area contributed by atoms with Crippen molar-refractivity contribution in [1.29, 1.82) is 0 Å². The first-order valence-electron chi connectivity index (χ1n) is 17.3. The van der Waals surface area contributed by atoms with E-state index in [1.807, 2.05) is 0 Å². The molecule has 9 aromatic carbocycles. The number of hydrogen-bond donors (Lipinski definition) is 0. The highest BCUT2D eigenvalue weighted by atomic mass is 14.4. The standard InChI is InChI=1S/C49H34/c1-49(2)44-25-13-12-23-40(44)48-41(24-14-26-45(48)49)47-38-22-11-10-21-37(38)46(39-28-27-32(29-43(39)47)31-15-4-3-5-16-31)42-30-33-17-6-7-18-34(33)35-19-8-9-20-36(35)42/h3-30H,1-2H3. The minimum Gasteiger partial charge on any atom is -0.0622 e. The summed E-state index contributed by atoms with van der Waals surface area (Å²) in [5.74, 6) is 0. The highest BCUT2D eigenvalue weighted by Gasteiger charge is 2.37. The number of rotatable bonds is 3. The van der Waals surface area contributed by atoms with E-state index in [4.69, 9.17) is 0 Å². The zero-order valence-corrected chi connectivity index (χ0v) is 27.7. The molecular weight excluding hydrogens is 589 g/mol. The van der Waals surface area contributed by atoms with E-state index in [1.54, 1.807) is 0 Å². The van der Waals surface area contributed by atoms with Crippen molar-refractivity contribution in [3.8, 4) is 44.5 Å². The molecular formula is C49H34. The second kappa shape index (κ2) is 10.5. The van der Waals surface area contributed by atoms with Gasteiger partial charge in [0.1, 0.15) is 0 Å². The Morgan fingerprint density at radius 1 is 0.306 bits per heavy atom. The average molecular weight is 623 g/mol. The fraction of sp³-hybridized carbons (Fsp3) is 0.0612. The van der Waals surface area contributed by atoms with Gasteiger partial charge in [-0.05, 0) is 111 Å². The van der Waals surface area contributed by atoms with Crippen LogP contribution < -0.4 is 0 Å². The lowest BCUT2D eigenvalue weighted by molar-refractivity contribution is 0.660. The second-order valence-corrected chi connectivity index (χ2v) is 14.0. The van der Waals surface area contributed by atoms with Gasteiger partial charge in [-0.3, -0.25) is 0 Å². The molecule has 0 unspecified atom stereocenters. The summed E-state index contributed by atoms with van der Waals surface area (Å²) in [5.41, 5.74) is 13.1. The van der Waals surface area contributed by atoms with Crippen LogP contribution in [-0.4, -0.2) is 0 Å². The lowest BCUT2D eigenvalue weighted by atomic mass is 9.80. The molecule has 0 spiro atoms. The summed E-state index contributed by atoms with van der Waals surface area (Å²) in [7, 11) is 0. The average Bonchev–Trinajstić information content (AvgIpc) is 3.40. The van der Waals surface area contributed by atoms with Crippen LogP contribution in [0.2, 0.25) is 0 Å². The van der Waals surface area contributed by atoms with E-state index in [1.165, 1.54) is 98.7 Å². The Labute approximate surface area is 286 Å². The Bertz CT molecular complexity index is 2780. The van der Waals surface area contributed by atoms with Gasteiger partial charge in [0.25, 0.3) is 0 Å². The number of fused-ring (bicyclic) bond motifs is 8. The molecule has 0 nitrogen and oxygen atoms in total. The smallest absolute Gasteiger partial charge is 0.0159 e. The lowest BCUT2D eigenvalue weighted by Gasteiger charge is -2.23. The summed E-state index contributed by atoms with van der Waals surface area (Å²) in [6.45, 7) is 4.75. The quantitative estimate of drug-likeness (QED) is 0.136.